The highest BCUT2D eigenvalue weighted by Gasteiger charge is 2.28. The van der Waals surface area contributed by atoms with Gasteiger partial charge in [-0.15, -0.1) is 0 Å². The minimum absolute atomic E-state index is 0.0113. The summed E-state index contributed by atoms with van der Waals surface area (Å²) in [4.78, 5) is 38.5. The molecule has 0 saturated carbocycles. The van der Waals surface area contributed by atoms with E-state index in [2.05, 4.69) is 5.32 Å². The number of nitrogens with zero attached hydrogens (tertiary/aromatic N) is 1. The van der Waals surface area contributed by atoms with E-state index in [1.165, 1.54) is 32.3 Å². The van der Waals surface area contributed by atoms with Gasteiger partial charge in [-0.1, -0.05) is 19.4 Å². The average Bonchev–Trinajstić information content (AvgIpc) is 2.99. The largest absolute Gasteiger partial charge is 0.495 e. The van der Waals surface area contributed by atoms with E-state index in [-0.39, 0.29) is 17.2 Å². The number of unbranched alkanes of at least 4 members (excludes halogenated alkanes) is 1. The number of carbonyl (C=O) groups excluding carboxylic acids is 3. The van der Waals surface area contributed by atoms with Crippen LogP contribution in [0.25, 0.3) is 0 Å². The second-order valence-corrected chi connectivity index (χ2v) is 6.35. The number of carbonyl (C=O) groups is 3. The number of hydrogen-bond acceptors (Lipinski definition) is 7. The van der Waals surface area contributed by atoms with E-state index in [9.17, 15) is 14.4 Å². The van der Waals surface area contributed by atoms with Gasteiger partial charge in [0.15, 0.2) is 0 Å². The first-order valence-corrected chi connectivity index (χ1v) is 9.49. The standard InChI is InChI=1S/C22H26N2O6/c1-5-6-10-19(25)23-17-14-15(11-12-18(17)28-2)24-13-8-7-9-16(21(26)29-3)20(24)22(27)30-4/h7-9,11-14H,5-6,10H2,1-4H3,(H,23,25). The van der Waals surface area contributed by atoms with Crippen LogP contribution in [-0.4, -0.2) is 39.2 Å². The maximum Gasteiger partial charge on any atom is 0.355 e. The van der Waals surface area contributed by atoms with Crippen LogP contribution in [0.15, 0.2) is 53.9 Å². The molecule has 1 aliphatic heterocycles. The highest BCUT2D eigenvalue weighted by atomic mass is 16.5. The van der Waals surface area contributed by atoms with Crippen LogP contribution in [0.3, 0.4) is 0 Å². The Morgan fingerprint density at radius 1 is 1.03 bits per heavy atom. The minimum atomic E-state index is -0.712. The van der Waals surface area contributed by atoms with Crippen molar-refractivity contribution in [2.24, 2.45) is 0 Å². The van der Waals surface area contributed by atoms with Gasteiger partial charge in [-0.05, 0) is 36.8 Å². The van der Waals surface area contributed by atoms with Gasteiger partial charge in [0, 0.05) is 18.3 Å². The maximum atomic E-state index is 12.5. The second-order valence-electron chi connectivity index (χ2n) is 6.35. The van der Waals surface area contributed by atoms with E-state index in [0.29, 0.717) is 23.5 Å². The fourth-order valence-corrected chi connectivity index (χ4v) is 2.86. The number of anilines is 2. The van der Waals surface area contributed by atoms with Crippen LogP contribution in [0, 0.1) is 0 Å². The summed E-state index contributed by atoms with van der Waals surface area (Å²) >= 11 is 0. The summed E-state index contributed by atoms with van der Waals surface area (Å²) in [6.07, 6.45) is 8.44. The van der Waals surface area contributed by atoms with Gasteiger partial charge in [0.2, 0.25) is 5.91 Å². The van der Waals surface area contributed by atoms with Gasteiger partial charge >= 0.3 is 11.9 Å². The fourth-order valence-electron chi connectivity index (χ4n) is 2.86. The molecule has 1 aromatic carbocycles. The minimum Gasteiger partial charge on any atom is -0.495 e. The Kier molecular flexibility index (Phi) is 8.22. The van der Waals surface area contributed by atoms with Gasteiger partial charge in [-0.3, -0.25) is 4.79 Å². The van der Waals surface area contributed by atoms with Crippen LogP contribution >= 0.6 is 0 Å². The Bertz CT molecular complexity index is 901. The summed E-state index contributed by atoms with van der Waals surface area (Å²) < 4.78 is 15.1. The molecule has 0 aromatic heterocycles. The zero-order chi connectivity index (χ0) is 22.1. The molecule has 2 rings (SSSR count). The van der Waals surface area contributed by atoms with E-state index in [1.54, 1.807) is 36.6 Å². The average molecular weight is 414 g/mol. The third-order valence-corrected chi connectivity index (χ3v) is 4.38. The number of methoxy groups -OCH3 is 3. The van der Waals surface area contributed by atoms with Crippen molar-refractivity contribution in [1.82, 2.24) is 0 Å². The number of hydrogen-bond donors (Lipinski definition) is 1. The monoisotopic (exact) mass is 414 g/mol. The van der Waals surface area contributed by atoms with E-state index >= 15 is 0 Å². The highest BCUT2D eigenvalue weighted by Crippen LogP contribution is 2.33. The molecule has 0 unspecified atom stereocenters. The predicted molar refractivity (Wildman–Crippen MR) is 113 cm³/mol. The van der Waals surface area contributed by atoms with Crippen molar-refractivity contribution in [3.8, 4) is 5.75 Å². The first-order chi connectivity index (χ1) is 14.5. The van der Waals surface area contributed by atoms with Crippen molar-refractivity contribution in [1.29, 1.82) is 0 Å². The second kappa shape index (κ2) is 10.8. The molecule has 30 heavy (non-hydrogen) atoms. The topological polar surface area (TPSA) is 94.2 Å². The molecule has 1 aromatic rings. The molecule has 1 N–H and O–H groups in total. The van der Waals surface area contributed by atoms with Gasteiger partial charge in [-0.25, -0.2) is 9.59 Å². The molecule has 0 bridgehead atoms. The molecule has 1 amide bonds. The zero-order valence-electron chi connectivity index (χ0n) is 17.6. The maximum absolute atomic E-state index is 12.5. The first kappa shape index (κ1) is 22.7. The third-order valence-electron chi connectivity index (χ3n) is 4.38. The van der Waals surface area contributed by atoms with Gasteiger partial charge in [0.05, 0.1) is 32.6 Å². The van der Waals surface area contributed by atoms with Crippen molar-refractivity contribution in [3.05, 3.63) is 53.9 Å². The molecule has 0 radical (unpaired) electrons. The summed E-state index contributed by atoms with van der Waals surface area (Å²) in [6.45, 7) is 2.01. The summed E-state index contributed by atoms with van der Waals surface area (Å²) in [7, 11) is 3.97. The fraction of sp³-hybridized carbons (Fsp3) is 0.318. The highest BCUT2D eigenvalue weighted by molar-refractivity contribution is 6.05. The first-order valence-electron chi connectivity index (χ1n) is 9.49. The molecule has 0 spiro atoms. The van der Waals surface area contributed by atoms with E-state index in [1.807, 2.05) is 6.92 Å². The molecule has 0 fully saturated rings. The van der Waals surface area contributed by atoms with Crippen LogP contribution in [0.5, 0.6) is 5.75 Å². The molecule has 160 valence electrons. The van der Waals surface area contributed by atoms with Crippen molar-refractivity contribution in [2.75, 3.05) is 31.5 Å². The molecular formula is C22H26N2O6. The Hall–Kier alpha value is -3.55. The SMILES string of the molecule is CCCCC(=O)Nc1cc(N2C=CC=CC(C(=O)OC)=C2C(=O)OC)ccc1OC. The van der Waals surface area contributed by atoms with E-state index in [0.717, 1.165) is 12.8 Å². The summed E-state index contributed by atoms with van der Waals surface area (Å²) in [5.74, 6) is -1.06. The Morgan fingerprint density at radius 2 is 1.77 bits per heavy atom. The van der Waals surface area contributed by atoms with Crippen LogP contribution in [0.1, 0.15) is 26.2 Å². The van der Waals surface area contributed by atoms with Crippen molar-refractivity contribution in [3.63, 3.8) is 0 Å². The molecule has 1 aliphatic rings. The molecule has 8 heteroatoms. The van der Waals surface area contributed by atoms with Crippen LogP contribution in [0.4, 0.5) is 11.4 Å². The lowest BCUT2D eigenvalue weighted by Gasteiger charge is -2.24. The normalized spacial score (nSPS) is 13.0. The Morgan fingerprint density at radius 3 is 2.40 bits per heavy atom. The molecule has 1 heterocycles. The van der Waals surface area contributed by atoms with Gasteiger partial charge in [0.25, 0.3) is 0 Å². The van der Waals surface area contributed by atoms with Gasteiger partial charge < -0.3 is 24.4 Å². The number of nitrogens with one attached hydrogen (secondary N) is 1. The number of allylic oxidation sites excluding steroid dienone is 2. The molecule has 0 atom stereocenters. The van der Waals surface area contributed by atoms with Crippen LogP contribution in [-0.2, 0) is 23.9 Å². The molecule has 8 nitrogen and oxygen atoms in total. The lowest BCUT2D eigenvalue weighted by Crippen LogP contribution is -2.27. The smallest absolute Gasteiger partial charge is 0.355 e. The zero-order valence-corrected chi connectivity index (χ0v) is 17.6. The van der Waals surface area contributed by atoms with Crippen molar-refractivity contribution >= 4 is 29.2 Å². The number of ether oxygens (including phenoxy) is 3. The quantitative estimate of drug-likeness (QED) is 0.652. The summed E-state index contributed by atoms with van der Waals surface area (Å²) in [5, 5.41) is 2.84. The Balaban J connectivity index is 2.54. The number of rotatable bonds is 8. The molecule has 0 saturated heterocycles. The number of esters is 2. The van der Waals surface area contributed by atoms with E-state index in [4.69, 9.17) is 14.2 Å². The number of amides is 1. The van der Waals surface area contributed by atoms with E-state index < -0.39 is 11.9 Å². The summed E-state index contributed by atoms with van der Waals surface area (Å²) in [6, 6.07) is 5.04. The predicted octanol–water partition coefficient (Wildman–Crippen LogP) is 3.31. The lowest BCUT2D eigenvalue weighted by atomic mass is 10.1. The molecule has 0 aliphatic carbocycles. The van der Waals surface area contributed by atoms with Crippen LogP contribution < -0.4 is 15.0 Å². The van der Waals surface area contributed by atoms with Crippen molar-refractivity contribution < 1.29 is 28.6 Å². The lowest BCUT2D eigenvalue weighted by molar-refractivity contribution is -0.139. The molecular weight excluding hydrogens is 388 g/mol. The summed E-state index contributed by atoms with van der Waals surface area (Å²) in [5.41, 5.74) is 0.996. The Labute approximate surface area is 175 Å². The third kappa shape index (κ3) is 5.28. The number of benzene rings is 1. The van der Waals surface area contributed by atoms with Crippen molar-refractivity contribution in [2.45, 2.75) is 26.2 Å². The van der Waals surface area contributed by atoms with Crippen LogP contribution in [0.2, 0.25) is 0 Å². The van der Waals surface area contributed by atoms with Gasteiger partial charge in [0.1, 0.15) is 11.4 Å². The van der Waals surface area contributed by atoms with Gasteiger partial charge in [-0.2, -0.15) is 0 Å².